The molecule has 6 heteroatoms. The van der Waals surface area contributed by atoms with Gasteiger partial charge in [-0.3, -0.25) is 4.79 Å². The molecule has 3 nitrogen and oxygen atoms in total. The molecule has 108 valence electrons. The molecule has 2 atom stereocenters. The van der Waals surface area contributed by atoms with Gasteiger partial charge >= 0.3 is 0 Å². The Kier molecular flexibility index (Phi) is 7.75. The van der Waals surface area contributed by atoms with Gasteiger partial charge in [0.05, 0.1) is 16.0 Å². The van der Waals surface area contributed by atoms with Gasteiger partial charge in [0.2, 0.25) is 5.91 Å². The van der Waals surface area contributed by atoms with Gasteiger partial charge in [-0.1, -0.05) is 36.2 Å². The van der Waals surface area contributed by atoms with Crippen molar-refractivity contribution in [3.05, 3.63) is 33.8 Å². The number of halogens is 3. The fraction of sp³-hybridized carbons (Fsp3) is 0.462. The van der Waals surface area contributed by atoms with E-state index in [9.17, 15) is 4.79 Å². The Balaban J connectivity index is 0.00000324. The Morgan fingerprint density at radius 3 is 2.37 bits per heavy atom. The Morgan fingerprint density at radius 1 is 1.32 bits per heavy atom. The van der Waals surface area contributed by atoms with E-state index in [-0.39, 0.29) is 30.3 Å². The Hall–Kier alpha value is -0.480. The minimum absolute atomic E-state index is 0. The van der Waals surface area contributed by atoms with E-state index in [0.717, 1.165) is 5.56 Å². The fourth-order valence-corrected chi connectivity index (χ4v) is 1.88. The van der Waals surface area contributed by atoms with Gasteiger partial charge in [0.15, 0.2) is 0 Å². The number of hydrogen-bond acceptors (Lipinski definition) is 2. The van der Waals surface area contributed by atoms with Crippen molar-refractivity contribution in [3.8, 4) is 0 Å². The van der Waals surface area contributed by atoms with E-state index in [1.165, 1.54) is 0 Å². The van der Waals surface area contributed by atoms with Gasteiger partial charge in [-0.15, -0.1) is 12.4 Å². The second-order valence-electron chi connectivity index (χ2n) is 4.59. The summed E-state index contributed by atoms with van der Waals surface area (Å²) in [6.07, 6.45) is 0. The average molecular weight is 326 g/mol. The smallest absolute Gasteiger partial charge is 0.226 e. The molecule has 1 aromatic rings. The van der Waals surface area contributed by atoms with Crippen LogP contribution in [0.2, 0.25) is 10.0 Å². The standard InChI is InChI=1S/C13H18Cl2N2O.ClH/c1-8(9(2)16)13(18)17(3)7-10-4-5-11(14)12(15)6-10;/h4-6,8-9H,7,16H2,1-3H3;1H. The molecule has 0 aliphatic carbocycles. The van der Waals surface area contributed by atoms with Crippen molar-refractivity contribution >= 4 is 41.5 Å². The molecule has 0 spiro atoms. The number of carbonyl (C=O) groups excluding carboxylic acids is 1. The van der Waals surface area contributed by atoms with E-state index < -0.39 is 0 Å². The fourth-order valence-electron chi connectivity index (χ4n) is 1.56. The highest BCUT2D eigenvalue weighted by atomic mass is 35.5. The maximum Gasteiger partial charge on any atom is 0.226 e. The molecule has 0 aromatic heterocycles. The number of amides is 1. The lowest BCUT2D eigenvalue weighted by Gasteiger charge is -2.23. The molecule has 1 rings (SSSR count). The van der Waals surface area contributed by atoms with E-state index in [2.05, 4.69) is 0 Å². The summed E-state index contributed by atoms with van der Waals surface area (Å²) in [6.45, 7) is 4.15. The van der Waals surface area contributed by atoms with Crippen molar-refractivity contribution < 1.29 is 4.79 Å². The molecular weight excluding hydrogens is 307 g/mol. The van der Waals surface area contributed by atoms with Crippen molar-refractivity contribution in [1.29, 1.82) is 0 Å². The third-order valence-corrected chi connectivity index (χ3v) is 3.70. The van der Waals surface area contributed by atoms with Gasteiger partial charge in [-0.2, -0.15) is 0 Å². The normalized spacial score (nSPS) is 13.4. The third-order valence-electron chi connectivity index (χ3n) is 2.96. The average Bonchev–Trinajstić information content (AvgIpc) is 2.31. The highest BCUT2D eigenvalue weighted by molar-refractivity contribution is 6.42. The summed E-state index contributed by atoms with van der Waals surface area (Å²) >= 11 is 11.8. The van der Waals surface area contributed by atoms with Crippen LogP contribution in [-0.4, -0.2) is 23.9 Å². The van der Waals surface area contributed by atoms with Gasteiger partial charge in [-0.25, -0.2) is 0 Å². The maximum atomic E-state index is 12.0. The number of nitrogens with two attached hydrogens (primary N) is 1. The van der Waals surface area contributed by atoms with Crippen molar-refractivity contribution in [1.82, 2.24) is 4.90 Å². The molecule has 19 heavy (non-hydrogen) atoms. The first-order valence-corrected chi connectivity index (χ1v) is 6.53. The van der Waals surface area contributed by atoms with Crippen molar-refractivity contribution in [2.24, 2.45) is 11.7 Å². The molecule has 0 heterocycles. The molecule has 0 radical (unpaired) electrons. The van der Waals surface area contributed by atoms with Crippen LogP contribution >= 0.6 is 35.6 Å². The lowest BCUT2D eigenvalue weighted by atomic mass is 10.0. The molecule has 2 N–H and O–H groups in total. The van der Waals surface area contributed by atoms with Gasteiger partial charge in [0.25, 0.3) is 0 Å². The second kappa shape index (κ2) is 7.95. The molecule has 0 aliphatic heterocycles. The van der Waals surface area contributed by atoms with Crippen LogP contribution in [0.3, 0.4) is 0 Å². The summed E-state index contributed by atoms with van der Waals surface area (Å²) in [5.74, 6) is -0.172. The van der Waals surface area contributed by atoms with E-state index in [1.54, 1.807) is 24.1 Å². The summed E-state index contributed by atoms with van der Waals surface area (Å²) in [6, 6.07) is 5.19. The van der Waals surface area contributed by atoms with Crippen LogP contribution in [0.1, 0.15) is 19.4 Å². The van der Waals surface area contributed by atoms with Crippen molar-refractivity contribution in [3.63, 3.8) is 0 Å². The molecule has 0 fully saturated rings. The Labute approximate surface area is 130 Å². The quantitative estimate of drug-likeness (QED) is 0.922. The number of nitrogens with zero attached hydrogens (tertiary/aromatic N) is 1. The lowest BCUT2D eigenvalue weighted by Crippen LogP contribution is -2.39. The van der Waals surface area contributed by atoms with Crippen LogP contribution in [0, 0.1) is 5.92 Å². The van der Waals surface area contributed by atoms with Crippen LogP contribution < -0.4 is 5.73 Å². The maximum absolute atomic E-state index is 12.0. The van der Waals surface area contributed by atoms with Gasteiger partial charge < -0.3 is 10.6 Å². The van der Waals surface area contributed by atoms with E-state index in [4.69, 9.17) is 28.9 Å². The Bertz CT molecular complexity index is 438. The first kappa shape index (κ1) is 18.5. The highest BCUT2D eigenvalue weighted by Crippen LogP contribution is 2.23. The number of benzene rings is 1. The molecule has 0 aliphatic rings. The second-order valence-corrected chi connectivity index (χ2v) is 5.40. The van der Waals surface area contributed by atoms with Crippen LogP contribution in [-0.2, 0) is 11.3 Å². The third kappa shape index (κ3) is 5.19. The van der Waals surface area contributed by atoms with Crippen LogP contribution in [0.25, 0.3) is 0 Å². The summed E-state index contributed by atoms with van der Waals surface area (Å²) < 4.78 is 0. The molecule has 1 amide bonds. The molecule has 1 aromatic carbocycles. The van der Waals surface area contributed by atoms with Crippen LogP contribution in [0.15, 0.2) is 18.2 Å². The molecule has 0 saturated heterocycles. The SMILES string of the molecule is CC(N)C(C)C(=O)N(C)Cc1ccc(Cl)c(Cl)c1.Cl. The minimum atomic E-state index is -0.197. The number of hydrogen-bond donors (Lipinski definition) is 1. The zero-order chi connectivity index (χ0) is 13.9. The largest absolute Gasteiger partial charge is 0.341 e. The Morgan fingerprint density at radius 2 is 1.89 bits per heavy atom. The minimum Gasteiger partial charge on any atom is -0.341 e. The monoisotopic (exact) mass is 324 g/mol. The predicted octanol–water partition coefficient (Wildman–Crippen LogP) is 3.36. The van der Waals surface area contributed by atoms with E-state index >= 15 is 0 Å². The van der Waals surface area contributed by atoms with Crippen molar-refractivity contribution in [2.75, 3.05) is 7.05 Å². The van der Waals surface area contributed by atoms with Gasteiger partial charge in [0.1, 0.15) is 0 Å². The number of carbonyl (C=O) groups is 1. The first-order valence-electron chi connectivity index (χ1n) is 5.77. The molecular formula is C13H19Cl3N2O. The summed E-state index contributed by atoms with van der Waals surface area (Å²) in [4.78, 5) is 13.7. The summed E-state index contributed by atoms with van der Waals surface area (Å²) in [5, 5.41) is 1.01. The van der Waals surface area contributed by atoms with E-state index in [1.807, 2.05) is 19.9 Å². The summed E-state index contributed by atoms with van der Waals surface area (Å²) in [7, 11) is 1.75. The van der Waals surface area contributed by atoms with Crippen LogP contribution in [0.5, 0.6) is 0 Å². The van der Waals surface area contributed by atoms with Gasteiger partial charge in [0, 0.05) is 19.6 Å². The first-order chi connectivity index (χ1) is 8.32. The topological polar surface area (TPSA) is 46.3 Å². The predicted molar refractivity (Wildman–Crippen MR) is 83.0 cm³/mol. The zero-order valence-electron chi connectivity index (χ0n) is 11.2. The molecule has 0 bridgehead atoms. The zero-order valence-corrected chi connectivity index (χ0v) is 13.5. The lowest BCUT2D eigenvalue weighted by molar-refractivity contribution is -0.134. The van der Waals surface area contributed by atoms with Gasteiger partial charge in [-0.05, 0) is 24.6 Å². The number of rotatable bonds is 4. The van der Waals surface area contributed by atoms with Crippen molar-refractivity contribution in [2.45, 2.75) is 26.4 Å². The highest BCUT2D eigenvalue weighted by Gasteiger charge is 2.20. The summed E-state index contributed by atoms with van der Waals surface area (Å²) in [5.41, 5.74) is 6.67. The molecule has 0 saturated carbocycles. The molecule has 2 unspecified atom stereocenters. The van der Waals surface area contributed by atoms with E-state index in [0.29, 0.717) is 16.6 Å². The van der Waals surface area contributed by atoms with Crippen LogP contribution in [0.4, 0.5) is 0 Å².